The molecule has 0 N–H and O–H groups in total. The molecule has 0 radical (unpaired) electrons. The first-order chi connectivity index (χ1) is 11.8. The molecule has 3 aromatic rings. The summed E-state index contributed by atoms with van der Waals surface area (Å²) in [7, 11) is 0. The zero-order valence-electron chi connectivity index (χ0n) is 13.0. The Morgan fingerprint density at radius 3 is 2.12 bits per heavy atom. The van der Waals surface area contributed by atoms with Crippen LogP contribution in [-0.2, 0) is 0 Å². The van der Waals surface area contributed by atoms with E-state index >= 15 is 0 Å². The molecule has 0 spiro atoms. The standard InChI is InChI=1S/C22H15NO/c24-22-20-14-8-7-13-19(20)21(16-15-17-9-3-1-4-10-17)23(22)18-11-5-2-6-12-18/h1-14,21H. The molecule has 1 aliphatic rings. The molecule has 1 amide bonds. The molecule has 0 fully saturated rings. The van der Waals surface area contributed by atoms with E-state index in [-0.39, 0.29) is 11.9 Å². The predicted octanol–water partition coefficient (Wildman–Crippen LogP) is 4.44. The van der Waals surface area contributed by atoms with Gasteiger partial charge in [-0.25, -0.2) is 0 Å². The van der Waals surface area contributed by atoms with Gasteiger partial charge in [-0.05, 0) is 35.9 Å². The van der Waals surface area contributed by atoms with E-state index in [0.29, 0.717) is 0 Å². The van der Waals surface area contributed by atoms with Gasteiger partial charge in [0.2, 0.25) is 0 Å². The van der Waals surface area contributed by atoms with Crippen LogP contribution in [0.2, 0.25) is 0 Å². The van der Waals surface area contributed by atoms with Crippen molar-refractivity contribution in [2.75, 3.05) is 4.90 Å². The fourth-order valence-corrected chi connectivity index (χ4v) is 2.99. The average molecular weight is 309 g/mol. The van der Waals surface area contributed by atoms with Gasteiger partial charge in [-0.1, -0.05) is 66.4 Å². The minimum absolute atomic E-state index is 0.00385. The van der Waals surface area contributed by atoms with E-state index < -0.39 is 0 Å². The average Bonchev–Trinajstić information content (AvgIpc) is 2.94. The van der Waals surface area contributed by atoms with Crippen LogP contribution < -0.4 is 4.90 Å². The van der Waals surface area contributed by atoms with Crippen molar-refractivity contribution in [3.8, 4) is 11.8 Å². The summed E-state index contributed by atoms with van der Waals surface area (Å²) in [5.41, 5.74) is 3.51. The maximum absolute atomic E-state index is 12.9. The molecule has 0 saturated carbocycles. The molecular weight excluding hydrogens is 294 g/mol. The Bertz CT molecular complexity index is 936. The van der Waals surface area contributed by atoms with Gasteiger partial charge in [0.25, 0.3) is 5.91 Å². The molecule has 0 aromatic heterocycles. The normalized spacial score (nSPS) is 15.6. The number of hydrogen-bond donors (Lipinski definition) is 0. The van der Waals surface area contributed by atoms with E-state index in [4.69, 9.17) is 0 Å². The van der Waals surface area contributed by atoms with Crippen molar-refractivity contribution >= 4 is 11.6 Å². The first kappa shape index (κ1) is 14.3. The minimum atomic E-state index is -0.267. The zero-order chi connectivity index (χ0) is 16.4. The van der Waals surface area contributed by atoms with Crippen LogP contribution in [0.25, 0.3) is 0 Å². The molecule has 4 rings (SSSR count). The number of carbonyl (C=O) groups is 1. The molecule has 3 aromatic carbocycles. The highest BCUT2D eigenvalue weighted by Gasteiger charge is 2.36. The predicted molar refractivity (Wildman–Crippen MR) is 95.8 cm³/mol. The van der Waals surface area contributed by atoms with Gasteiger partial charge in [0.1, 0.15) is 6.04 Å². The summed E-state index contributed by atoms with van der Waals surface area (Å²) in [5, 5.41) is 0. The molecule has 1 atom stereocenters. The lowest BCUT2D eigenvalue weighted by Crippen LogP contribution is -2.26. The maximum atomic E-state index is 12.9. The highest BCUT2D eigenvalue weighted by molar-refractivity contribution is 6.11. The third-order valence-electron chi connectivity index (χ3n) is 4.12. The van der Waals surface area contributed by atoms with Crippen LogP contribution in [0.4, 0.5) is 5.69 Å². The Morgan fingerprint density at radius 2 is 1.38 bits per heavy atom. The van der Waals surface area contributed by atoms with Crippen LogP contribution in [0.15, 0.2) is 84.9 Å². The number of anilines is 1. The molecule has 1 heterocycles. The number of carbonyl (C=O) groups excluding carboxylic acids is 1. The van der Waals surface area contributed by atoms with Crippen LogP contribution in [0, 0.1) is 11.8 Å². The minimum Gasteiger partial charge on any atom is -0.290 e. The second-order valence-corrected chi connectivity index (χ2v) is 5.64. The summed E-state index contributed by atoms with van der Waals surface area (Å²) in [5.74, 6) is 6.50. The third-order valence-corrected chi connectivity index (χ3v) is 4.12. The molecule has 1 unspecified atom stereocenters. The van der Waals surface area contributed by atoms with Crippen molar-refractivity contribution in [1.82, 2.24) is 0 Å². The topological polar surface area (TPSA) is 20.3 Å². The van der Waals surface area contributed by atoms with Gasteiger partial charge in [0.15, 0.2) is 0 Å². The first-order valence-electron chi connectivity index (χ1n) is 7.89. The van der Waals surface area contributed by atoms with Crippen LogP contribution in [0.5, 0.6) is 0 Å². The maximum Gasteiger partial charge on any atom is 0.260 e. The molecule has 2 heteroatoms. The SMILES string of the molecule is O=C1c2ccccc2C(C#Cc2ccccc2)N1c1ccccc1. The molecule has 24 heavy (non-hydrogen) atoms. The summed E-state index contributed by atoms with van der Waals surface area (Å²) in [6, 6.07) is 27.0. The molecular formula is C22H15NO. The van der Waals surface area contributed by atoms with Crippen molar-refractivity contribution in [2.45, 2.75) is 6.04 Å². The van der Waals surface area contributed by atoms with Gasteiger partial charge in [0.05, 0.1) is 0 Å². The molecule has 0 saturated heterocycles. The van der Waals surface area contributed by atoms with Crippen molar-refractivity contribution < 1.29 is 4.79 Å². The van der Waals surface area contributed by atoms with E-state index in [1.807, 2.05) is 84.9 Å². The molecule has 2 nitrogen and oxygen atoms in total. The van der Waals surface area contributed by atoms with Gasteiger partial charge in [0, 0.05) is 16.8 Å². The number of benzene rings is 3. The second kappa shape index (κ2) is 6.06. The zero-order valence-corrected chi connectivity index (χ0v) is 13.0. The molecule has 114 valence electrons. The Hall–Kier alpha value is -3.31. The Kier molecular flexibility index (Phi) is 3.61. The van der Waals surface area contributed by atoms with Crippen molar-refractivity contribution in [1.29, 1.82) is 0 Å². The van der Waals surface area contributed by atoms with E-state index in [0.717, 1.165) is 22.4 Å². The van der Waals surface area contributed by atoms with Crippen LogP contribution in [0.3, 0.4) is 0 Å². The van der Waals surface area contributed by atoms with E-state index in [1.165, 1.54) is 0 Å². The summed E-state index contributed by atoms with van der Waals surface area (Å²) in [4.78, 5) is 14.7. The second-order valence-electron chi connectivity index (χ2n) is 5.64. The summed E-state index contributed by atoms with van der Waals surface area (Å²) >= 11 is 0. The van der Waals surface area contributed by atoms with E-state index in [1.54, 1.807) is 4.90 Å². The van der Waals surface area contributed by atoms with Crippen LogP contribution in [0.1, 0.15) is 27.5 Å². The van der Waals surface area contributed by atoms with Crippen molar-refractivity contribution in [3.05, 3.63) is 102 Å². The van der Waals surface area contributed by atoms with Gasteiger partial charge in [-0.2, -0.15) is 0 Å². The lowest BCUT2D eigenvalue weighted by atomic mass is 10.0. The summed E-state index contributed by atoms with van der Waals surface area (Å²) in [6.45, 7) is 0. The lowest BCUT2D eigenvalue weighted by Gasteiger charge is -2.21. The Balaban J connectivity index is 1.81. The Morgan fingerprint density at radius 1 is 0.750 bits per heavy atom. The smallest absolute Gasteiger partial charge is 0.260 e. The van der Waals surface area contributed by atoms with Crippen LogP contribution >= 0.6 is 0 Å². The van der Waals surface area contributed by atoms with E-state index in [2.05, 4.69) is 11.8 Å². The fraction of sp³-hybridized carbons (Fsp3) is 0.0455. The lowest BCUT2D eigenvalue weighted by molar-refractivity contribution is 0.0994. The Labute approximate surface area is 141 Å². The van der Waals surface area contributed by atoms with Gasteiger partial charge in [-0.15, -0.1) is 0 Å². The van der Waals surface area contributed by atoms with Crippen molar-refractivity contribution in [3.63, 3.8) is 0 Å². The summed E-state index contributed by atoms with van der Waals surface area (Å²) < 4.78 is 0. The van der Waals surface area contributed by atoms with Gasteiger partial charge in [-0.3, -0.25) is 9.69 Å². The molecule has 0 bridgehead atoms. The number of para-hydroxylation sites is 1. The number of fused-ring (bicyclic) bond motifs is 1. The molecule has 1 aliphatic heterocycles. The number of nitrogens with zero attached hydrogens (tertiary/aromatic N) is 1. The number of hydrogen-bond acceptors (Lipinski definition) is 1. The van der Waals surface area contributed by atoms with Gasteiger partial charge >= 0.3 is 0 Å². The largest absolute Gasteiger partial charge is 0.290 e. The van der Waals surface area contributed by atoms with E-state index in [9.17, 15) is 4.79 Å². The fourth-order valence-electron chi connectivity index (χ4n) is 2.99. The molecule has 0 aliphatic carbocycles. The third kappa shape index (κ3) is 2.47. The van der Waals surface area contributed by atoms with Crippen molar-refractivity contribution in [2.24, 2.45) is 0 Å². The monoisotopic (exact) mass is 309 g/mol. The first-order valence-corrected chi connectivity index (χ1v) is 7.89. The van der Waals surface area contributed by atoms with Crippen LogP contribution in [-0.4, -0.2) is 5.91 Å². The highest BCUT2D eigenvalue weighted by Crippen LogP contribution is 2.36. The highest BCUT2D eigenvalue weighted by atomic mass is 16.2. The number of rotatable bonds is 1. The van der Waals surface area contributed by atoms with Gasteiger partial charge < -0.3 is 0 Å². The summed E-state index contributed by atoms with van der Waals surface area (Å²) in [6.07, 6.45) is 0. The quantitative estimate of drug-likeness (QED) is 0.609. The number of amides is 1.